The number of ketones is 1. The Hall–Kier alpha value is -1.66. The number of hydrogen-bond acceptors (Lipinski definition) is 4. The zero-order valence-corrected chi connectivity index (χ0v) is 16.4. The first-order valence-corrected chi connectivity index (χ1v) is 10.9. The quantitative estimate of drug-likeness (QED) is 0.546. The van der Waals surface area contributed by atoms with Gasteiger partial charge < -0.3 is 9.72 Å². The van der Waals surface area contributed by atoms with Crippen LogP contribution in [0.3, 0.4) is 0 Å². The summed E-state index contributed by atoms with van der Waals surface area (Å²) in [5.74, 6) is 0.265. The summed E-state index contributed by atoms with van der Waals surface area (Å²) in [4.78, 5) is 20.8. The number of hydrogen-bond donors (Lipinski definition) is 1. The van der Waals surface area contributed by atoms with Crippen LogP contribution in [0.5, 0.6) is 0 Å². The molecule has 1 saturated heterocycles. The zero-order valence-electron chi connectivity index (χ0n) is 15.5. The largest absolute Gasteiger partial charge is 0.381 e. The molecule has 2 fully saturated rings. The van der Waals surface area contributed by atoms with Crippen LogP contribution in [0, 0.1) is 17.8 Å². The van der Waals surface area contributed by atoms with Gasteiger partial charge in [-0.05, 0) is 62.0 Å². The molecule has 0 radical (unpaired) electrons. The van der Waals surface area contributed by atoms with E-state index in [1.165, 1.54) is 4.90 Å². The van der Waals surface area contributed by atoms with Gasteiger partial charge in [-0.25, -0.2) is 4.98 Å². The monoisotopic (exact) mass is 388 g/mol. The van der Waals surface area contributed by atoms with Crippen molar-refractivity contribution in [3.63, 3.8) is 0 Å². The van der Waals surface area contributed by atoms with Crippen LogP contribution >= 0.6 is 11.8 Å². The number of Topliss-reactive ketones (excluding diaryl/α,β-unsaturated/α-hetero) is 1. The molecule has 0 spiro atoms. The Labute approximate surface area is 163 Å². The summed E-state index contributed by atoms with van der Waals surface area (Å²) in [6.07, 6.45) is 6.65. The number of benzene rings is 1. The Bertz CT molecular complexity index is 795. The fourth-order valence-electron chi connectivity index (χ4n) is 3.79. The van der Waals surface area contributed by atoms with Crippen LogP contribution in [0.25, 0.3) is 0 Å². The van der Waals surface area contributed by atoms with Crippen molar-refractivity contribution in [2.45, 2.75) is 42.9 Å². The first-order valence-electron chi connectivity index (χ1n) is 9.67. The predicted molar refractivity (Wildman–Crippen MR) is 104 cm³/mol. The second-order valence-electron chi connectivity index (χ2n) is 7.54. The average Bonchev–Trinajstić information content (AvgIpc) is 3.49. The number of H-pyrrole nitrogens is 1. The van der Waals surface area contributed by atoms with E-state index in [0.717, 1.165) is 50.9 Å². The molecule has 0 amide bonds. The molecule has 144 valence electrons. The van der Waals surface area contributed by atoms with Gasteiger partial charge in [0.05, 0.1) is 0 Å². The Balaban J connectivity index is 1.63. The van der Waals surface area contributed by atoms with Gasteiger partial charge in [0.2, 0.25) is 5.95 Å². The third-order valence-corrected chi connectivity index (χ3v) is 6.36. The van der Waals surface area contributed by atoms with Gasteiger partial charge >= 0.3 is 0 Å². The molecule has 1 aromatic heterocycles. The number of rotatable bonds is 7. The summed E-state index contributed by atoms with van der Waals surface area (Å²) >= 11 is 1.70. The molecule has 6 heteroatoms. The van der Waals surface area contributed by atoms with E-state index < -0.39 is 5.95 Å². The third-order valence-electron chi connectivity index (χ3n) is 5.62. The molecular weight excluding hydrogens is 363 g/mol. The van der Waals surface area contributed by atoms with Crippen LogP contribution in [0.4, 0.5) is 4.39 Å². The molecule has 1 saturated carbocycles. The summed E-state index contributed by atoms with van der Waals surface area (Å²) in [7, 11) is 0. The average molecular weight is 389 g/mol. The number of ether oxygens (including phenoxy) is 1. The van der Waals surface area contributed by atoms with E-state index in [4.69, 9.17) is 4.74 Å². The highest BCUT2D eigenvalue weighted by atomic mass is 32.2. The molecule has 1 aliphatic carbocycles. The fourth-order valence-corrected chi connectivity index (χ4v) is 4.20. The molecule has 4 rings (SSSR count). The van der Waals surface area contributed by atoms with Crippen molar-refractivity contribution in [2.75, 3.05) is 19.5 Å². The summed E-state index contributed by atoms with van der Waals surface area (Å²) in [6, 6.07) is 8.37. The van der Waals surface area contributed by atoms with Crippen LogP contribution in [0.1, 0.15) is 59.9 Å². The normalized spacial score (nSPS) is 19.2. The molecule has 1 atom stereocenters. The van der Waals surface area contributed by atoms with Gasteiger partial charge in [-0.2, -0.15) is 4.39 Å². The topological polar surface area (TPSA) is 55.0 Å². The number of carbonyl (C=O) groups excluding carboxylic acids is 1. The van der Waals surface area contributed by atoms with Gasteiger partial charge in [0.1, 0.15) is 5.82 Å². The number of aromatic amines is 1. The van der Waals surface area contributed by atoms with Gasteiger partial charge in [0, 0.05) is 29.9 Å². The van der Waals surface area contributed by atoms with E-state index in [2.05, 4.69) is 34.2 Å². The predicted octanol–water partition coefficient (Wildman–Crippen LogP) is 4.81. The number of nitrogens with zero attached hydrogens (tertiary/aromatic N) is 1. The number of carbonyl (C=O) groups is 1. The minimum atomic E-state index is -0.584. The van der Waals surface area contributed by atoms with Gasteiger partial charge in [-0.15, -0.1) is 11.8 Å². The smallest absolute Gasteiger partial charge is 0.222 e. The summed E-state index contributed by atoms with van der Waals surface area (Å²) in [6.45, 7) is 1.56. The lowest BCUT2D eigenvalue weighted by Crippen LogP contribution is -2.19. The second kappa shape index (κ2) is 8.15. The molecule has 2 heterocycles. The SMILES string of the molecule is CSc1ccc(C(CC2CCOCC2)c2nc(C(=O)C3CC3)c(F)[nH]2)cc1. The first-order chi connectivity index (χ1) is 13.2. The van der Waals surface area contributed by atoms with Gasteiger partial charge in [0.25, 0.3) is 0 Å². The fraction of sp³-hybridized carbons (Fsp3) is 0.524. The zero-order chi connectivity index (χ0) is 18.8. The molecule has 1 aromatic carbocycles. The summed E-state index contributed by atoms with van der Waals surface area (Å²) in [5, 5.41) is 0. The van der Waals surface area contributed by atoms with Crippen molar-refractivity contribution in [1.82, 2.24) is 9.97 Å². The molecule has 0 bridgehead atoms. The molecule has 1 aliphatic heterocycles. The maximum Gasteiger partial charge on any atom is 0.222 e. The molecule has 27 heavy (non-hydrogen) atoms. The number of aromatic nitrogens is 2. The maximum absolute atomic E-state index is 14.5. The van der Waals surface area contributed by atoms with E-state index in [-0.39, 0.29) is 23.3 Å². The standard InChI is InChI=1S/C21H25FN2O2S/c1-27-16-6-4-14(5-7-16)17(12-13-8-10-26-11-9-13)21-23-18(20(22)24-21)19(25)15-2-3-15/h4-7,13,15,17H,2-3,8-12H2,1H3,(H,23,24). The second-order valence-corrected chi connectivity index (χ2v) is 8.42. The molecular formula is C21H25FN2O2S. The molecule has 1 unspecified atom stereocenters. The number of nitrogens with one attached hydrogen (secondary N) is 1. The minimum Gasteiger partial charge on any atom is -0.381 e. The summed E-state index contributed by atoms with van der Waals surface area (Å²) in [5.41, 5.74) is 1.10. The molecule has 2 aliphatic rings. The maximum atomic E-state index is 14.5. The van der Waals surface area contributed by atoms with Crippen molar-refractivity contribution in [2.24, 2.45) is 11.8 Å². The van der Waals surface area contributed by atoms with Crippen molar-refractivity contribution < 1.29 is 13.9 Å². The van der Waals surface area contributed by atoms with Crippen molar-refractivity contribution in [1.29, 1.82) is 0 Å². The van der Waals surface area contributed by atoms with E-state index >= 15 is 0 Å². The van der Waals surface area contributed by atoms with Gasteiger partial charge in [-0.1, -0.05) is 12.1 Å². The van der Waals surface area contributed by atoms with E-state index in [1.54, 1.807) is 11.8 Å². The van der Waals surface area contributed by atoms with Crippen LogP contribution in [-0.4, -0.2) is 35.2 Å². The number of imidazole rings is 1. The Morgan fingerprint density at radius 2 is 1.96 bits per heavy atom. The first kappa shape index (κ1) is 18.7. The van der Waals surface area contributed by atoms with Crippen LogP contribution in [0.2, 0.25) is 0 Å². The lowest BCUT2D eigenvalue weighted by atomic mass is 9.84. The van der Waals surface area contributed by atoms with Crippen molar-refractivity contribution in [3.05, 3.63) is 47.3 Å². The van der Waals surface area contributed by atoms with Crippen molar-refractivity contribution in [3.8, 4) is 0 Å². The minimum absolute atomic E-state index is 0.00906. The Morgan fingerprint density at radius 1 is 1.26 bits per heavy atom. The van der Waals surface area contributed by atoms with Gasteiger partial charge in [0.15, 0.2) is 11.5 Å². The van der Waals surface area contributed by atoms with Crippen molar-refractivity contribution >= 4 is 17.5 Å². The van der Waals surface area contributed by atoms with E-state index in [0.29, 0.717) is 11.7 Å². The number of halogens is 1. The Kier molecular flexibility index (Phi) is 5.64. The summed E-state index contributed by atoms with van der Waals surface area (Å²) < 4.78 is 19.9. The van der Waals surface area contributed by atoms with Gasteiger partial charge in [-0.3, -0.25) is 4.79 Å². The lowest BCUT2D eigenvalue weighted by molar-refractivity contribution is 0.0625. The lowest BCUT2D eigenvalue weighted by Gasteiger charge is -2.26. The number of thioether (sulfide) groups is 1. The van der Waals surface area contributed by atoms with E-state index in [1.807, 2.05) is 6.26 Å². The Morgan fingerprint density at radius 3 is 2.59 bits per heavy atom. The highest BCUT2D eigenvalue weighted by Crippen LogP contribution is 2.36. The molecule has 4 nitrogen and oxygen atoms in total. The molecule has 2 aromatic rings. The van der Waals surface area contributed by atoms with Crippen LogP contribution < -0.4 is 0 Å². The van der Waals surface area contributed by atoms with Crippen LogP contribution in [-0.2, 0) is 4.74 Å². The molecule has 1 N–H and O–H groups in total. The van der Waals surface area contributed by atoms with Crippen LogP contribution in [0.15, 0.2) is 29.2 Å². The third kappa shape index (κ3) is 4.27. The van der Waals surface area contributed by atoms with E-state index in [9.17, 15) is 9.18 Å². The highest BCUT2D eigenvalue weighted by Gasteiger charge is 2.35. The highest BCUT2D eigenvalue weighted by molar-refractivity contribution is 7.98.